The molecule has 0 spiro atoms. The zero-order valence-corrected chi connectivity index (χ0v) is 17.9. The standard InChI is InChI=1S/C16H22ClN9O6/c1-24(2)6-19-15-21-12-10(13(29)22-15)18-7-25(12)14-9(11(28)8(5-27)32-14)20-16(30)26(23-31)4-3-17/h6-9,11,14,27-28H,3-5H2,1-2H3,(H,20,30)(H,21,22,29)/t8-,9-,11-,14-/m1/s1. The van der Waals surface area contributed by atoms with Crippen LogP contribution in [0.15, 0.2) is 21.4 Å². The number of aliphatic imine (C=N–C) groups is 1. The fourth-order valence-electron chi connectivity index (χ4n) is 3.10. The van der Waals surface area contributed by atoms with Crippen LogP contribution in [0.1, 0.15) is 6.23 Å². The molecule has 16 heteroatoms. The third-order valence-corrected chi connectivity index (χ3v) is 4.74. The van der Waals surface area contributed by atoms with Crippen molar-refractivity contribution in [3.8, 4) is 0 Å². The highest BCUT2D eigenvalue weighted by Crippen LogP contribution is 2.31. The number of aliphatic hydroxyl groups is 2. The Morgan fingerprint density at radius 1 is 1.50 bits per heavy atom. The van der Waals surface area contributed by atoms with Gasteiger partial charge in [0.05, 0.1) is 31.1 Å². The molecule has 1 aliphatic heterocycles. The minimum Gasteiger partial charge on any atom is -0.394 e. The predicted octanol–water partition coefficient (Wildman–Crippen LogP) is -1.11. The monoisotopic (exact) mass is 471 g/mol. The van der Waals surface area contributed by atoms with Crippen LogP contribution in [0.25, 0.3) is 11.2 Å². The first-order valence-corrected chi connectivity index (χ1v) is 9.93. The van der Waals surface area contributed by atoms with Crippen LogP contribution >= 0.6 is 11.6 Å². The van der Waals surface area contributed by atoms with Crippen molar-refractivity contribution >= 4 is 41.1 Å². The van der Waals surface area contributed by atoms with Crippen molar-refractivity contribution in [3.63, 3.8) is 0 Å². The van der Waals surface area contributed by atoms with Crippen molar-refractivity contribution in [2.75, 3.05) is 33.1 Å². The van der Waals surface area contributed by atoms with E-state index < -0.39 is 42.7 Å². The third kappa shape index (κ3) is 4.69. The molecule has 174 valence electrons. The van der Waals surface area contributed by atoms with Gasteiger partial charge < -0.3 is 25.2 Å². The number of halogens is 1. The number of nitroso groups, excluding NO2 is 1. The number of hydrogen-bond donors (Lipinski definition) is 4. The molecule has 15 nitrogen and oxygen atoms in total. The quantitative estimate of drug-likeness (QED) is 0.121. The van der Waals surface area contributed by atoms with Gasteiger partial charge in [0.2, 0.25) is 5.95 Å². The summed E-state index contributed by atoms with van der Waals surface area (Å²) < 4.78 is 7.02. The molecule has 4 N–H and O–H groups in total. The number of alkyl halides is 1. The maximum absolute atomic E-state index is 12.4. The fraction of sp³-hybridized carbons (Fsp3) is 0.562. The molecule has 4 atom stereocenters. The smallest absolute Gasteiger partial charge is 0.340 e. The third-order valence-electron chi connectivity index (χ3n) is 4.57. The Bertz CT molecular complexity index is 1060. The largest absolute Gasteiger partial charge is 0.394 e. The van der Waals surface area contributed by atoms with Gasteiger partial charge in [0, 0.05) is 20.0 Å². The van der Waals surface area contributed by atoms with E-state index in [4.69, 9.17) is 16.3 Å². The molecule has 1 fully saturated rings. The summed E-state index contributed by atoms with van der Waals surface area (Å²) in [6.45, 7) is -0.715. The van der Waals surface area contributed by atoms with Crippen molar-refractivity contribution < 1.29 is 19.7 Å². The number of imidazole rings is 1. The molecule has 3 rings (SSSR count). The molecule has 32 heavy (non-hydrogen) atoms. The summed E-state index contributed by atoms with van der Waals surface area (Å²) in [5, 5.41) is 25.7. The lowest BCUT2D eigenvalue weighted by Gasteiger charge is -2.24. The van der Waals surface area contributed by atoms with Gasteiger partial charge in [-0.1, -0.05) is 0 Å². The van der Waals surface area contributed by atoms with Crippen molar-refractivity contribution in [2.45, 2.75) is 24.5 Å². The van der Waals surface area contributed by atoms with Gasteiger partial charge in [0.15, 0.2) is 17.4 Å². The number of H-pyrrole nitrogens is 1. The number of ether oxygens (including phenoxy) is 1. The highest BCUT2D eigenvalue weighted by atomic mass is 35.5. The number of nitrogens with one attached hydrogen (secondary N) is 2. The summed E-state index contributed by atoms with van der Waals surface area (Å²) in [7, 11) is 3.48. The highest BCUT2D eigenvalue weighted by Gasteiger charge is 2.46. The number of urea groups is 1. The maximum Gasteiger partial charge on any atom is 0.340 e. The summed E-state index contributed by atoms with van der Waals surface area (Å²) in [4.78, 5) is 52.2. The summed E-state index contributed by atoms with van der Waals surface area (Å²) in [5.74, 6) is -0.0463. The molecule has 0 aromatic carbocycles. The minimum absolute atomic E-state index is 0.00534. The average molecular weight is 472 g/mol. The fourth-order valence-corrected chi connectivity index (χ4v) is 3.26. The highest BCUT2D eigenvalue weighted by molar-refractivity contribution is 6.18. The molecule has 0 radical (unpaired) electrons. The molecular weight excluding hydrogens is 450 g/mol. The molecule has 2 amide bonds. The van der Waals surface area contributed by atoms with Gasteiger partial charge in [-0.2, -0.15) is 9.99 Å². The number of aromatic amines is 1. The van der Waals surface area contributed by atoms with E-state index >= 15 is 0 Å². The lowest BCUT2D eigenvalue weighted by molar-refractivity contribution is -0.0440. The molecule has 3 heterocycles. The van der Waals surface area contributed by atoms with Crippen molar-refractivity contribution in [2.24, 2.45) is 10.3 Å². The topological polar surface area (TPSA) is 191 Å². The van der Waals surface area contributed by atoms with Gasteiger partial charge >= 0.3 is 6.03 Å². The number of carbonyl (C=O) groups is 1. The second-order valence-electron chi connectivity index (χ2n) is 7.03. The first-order chi connectivity index (χ1) is 15.3. The van der Waals surface area contributed by atoms with E-state index in [0.717, 1.165) is 0 Å². The van der Waals surface area contributed by atoms with Gasteiger partial charge in [-0.3, -0.25) is 14.3 Å². The summed E-state index contributed by atoms with van der Waals surface area (Å²) in [6, 6.07) is -2.07. The van der Waals surface area contributed by atoms with Crippen LogP contribution in [0, 0.1) is 4.91 Å². The lowest BCUT2D eigenvalue weighted by Crippen LogP contribution is -2.50. The van der Waals surface area contributed by atoms with E-state index in [0.29, 0.717) is 5.01 Å². The van der Waals surface area contributed by atoms with Gasteiger partial charge in [-0.15, -0.1) is 16.5 Å². The number of aromatic nitrogens is 4. The van der Waals surface area contributed by atoms with Crippen LogP contribution < -0.4 is 10.9 Å². The Morgan fingerprint density at radius 2 is 2.25 bits per heavy atom. The average Bonchev–Trinajstić information content (AvgIpc) is 3.32. The van der Waals surface area contributed by atoms with E-state index in [1.807, 2.05) is 0 Å². The van der Waals surface area contributed by atoms with Crippen molar-refractivity contribution in [1.29, 1.82) is 0 Å². The molecular formula is C16H22ClN9O6. The zero-order valence-electron chi connectivity index (χ0n) is 17.1. The Labute approximate surface area is 185 Å². The number of carbonyl (C=O) groups excluding carboxylic acids is 1. The summed E-state index contributed by atoms with van der Waals surface area (Å²) >= 11 is 5.56. The Morgan fingerprint density at radius 3 is 2.88 bits per heavy atom. The Hall–Kier alpha value is -3.14. The number of fused-ring (bicyclic) bond motifs is 1. The Kier molecular flexibility index (Phi) is 7.34. The van der Waals surface area contributed by atoms with Crippen molar-refractivity contribution in [1.82, 2.24) is 34.7 Å². The molecule has 0 unspecified atom stereocenters. The van der Waals surface area contributed by atoms with Gasteiger partial charge in [0.25, 0.3) is 5.56 Å². The second kappa shape index (κ2) is 9.99. The number of amides is 2. The molecule has 1 aliphatic rings. The number of aliphatic hydroxyl groups excluding tert-OH is 2. The number of nitrogens with zero attached hydrogens (tertiary/aromatic N) is 7. The van der Waals surface area contributed by atoms with Crippen LogP contribution in [0.3, 0.4) is 0 Å². The maximum atomic E-state index is 12.4. The molecule has 2 aromatic rings. The van der Waals surface area contributed by atoms with Crippen LogP contribution in [-0.2, 0) is 4.74 Å². The van der Waals surface area contributed by atoms with Crippen LogP contribution in [0.2, 0.25) is 0 Å². The molecule has 0 bridgehead atoms. The van der Waals surface area contributed by atoms with Crippen LogP contribution in [0.5, 0.6) is 0 Å². The van der Waals surface area contributed by atoms with E-state index in [9.17, 15) is 24.7 Å². The van der Waals surface area contributed by atoms with E-state index in [1.165, 1.54) is 17.2 Å². The predicted molar refractivity (Wildman–Crippen MR) is 113 cm³/mol. The first kappa shape index (κ1) is 23.5. The zero-order chi connectivity index (χ0) is 23.4. The normalized spacial score (nSPS) is 23.0. The molecule has 0 aliphatic carbocycles. The number of hydrogen-bond acceptors (Lipinski definition) is 10. The van der Waals surface area contributed by atoms with Crippen LogP contribution in [0.4, 0.5) is 10.7 Å². The van der Waals surface area contributed by atoms with Crippen molar-refractivity contribution in [3.05, 3.63) is 21.6 Å². The minimum atomic E-state index is -1.36. The first-order valence-electron chi connectivity index (χ1n) is 9.39. The lowest BCUT2D eigenvalue weighted by atomic mass is 10.1. The van der Waals surface area contributed by atoms with E-state index in [-0.39, 0.29) is 29.5 Å². The molecule has 2 aromatic heterocycles. The summed E-state index contributed by atoms with van der Waals surface area (Å²) in [6.07, 6.45) is -0.869. The van der Waals surface area contributed by atoms with Gasteiger partial charge in [0.1, 0.15) is 18.2 Å². The SMILES string of the molecule is CN(C)C=Nc1nc2c(ncn2[C@@H]2O[C@H](CO)[C@@H](O)[C@H]2NC(=O)N(CCCl)N=O)c(=O)[nH]1. The molecule has 0 saturated carbocycles. The van der Waals surface area contributed by atoms with E-state index in [1.54, 1.807) is 19.0 Å². The summed E-state index contributed by atoms with van der Waals surface area (Å²) in [5.41, 5.74) is -0.514. The van der Waals surface area contributed by atoms with Gasteiger partial charge in [-0.05, 0) is 0 Å². The van der Waals surface area contributed by atoms with Gasteiger partial charge in [-0.25, -0.2) is 14.8 Å². The Balaban J connectivity index is 2.00. The van der Waals surface area contributed by atoms with E-state index in [2.05, 4.69) is 30.5 Å². The number of rotatable bonds is 8. The molecule has 1 saturated heterocycles. The van der Waals surface area contributed by atoms with Crippen LogP contribution in [-0.4, -0.2) is 103 Å². The second-order valence-corrected chi connectivity index (χ2v) is 7.41.